The largest absolute Gasteiger partial charge is 0.135 e. The normalized spacial score (nSPS) is 13.6. The molecule has 2 heterocycles. The van der Waals surface area contributed by atoms with Crippen molar-refractivity contribution in [2.45, 2.75) is 19.3 Å². The van der Waals surface area contributed by atoms with Crippen molar-refractivity contribution in [1.29, 1.82) is 0 Å². The fraction of sp³-hybridized carbons (Fsp3) is 0.0588. The van der Waals surface area contributed by atoms with Gasteiger partial charge in [0, 0.05) is 51.1 Å². The number of rotatable bonds is 2. The summed E-state index contributed by atoms with van der Waals surface area (Å²) in [5, 5.41) is 13.3. The summed E-state index contributed by atoms with van der Waals surface area (Å²) in [5.74, 6) is 0. The zero-order valence-electron chi connectivity index (χ0n) is 29.3. The topological polar surface area (TPSA) is 0 Å². The number of hydrogen-bond donors (Lipinski definition) is 0. The smallest absolute Gasteiger partial charge is 0.0362 e. The molecule has 53 heavy (non-hydrogen) atoms. The second-order valence-electron chi connectivity index (χ2n) is 15.2. The van der Waals surface area contributed by atoms with Crippen molar-refractivity contribution >= 4 is 95.3 Å². The Labute approximate surface area is 315 Å². The van der Waals surface area contributed by atoms with E-state index in [2.05, 4.69) is 172 Å². The molecule has 0 atom stereocenters. The van der Waals surface area contributed by atoms with Crippen LogP contribution in [0.4, 0.5) is 0 Å². The molecule has 2 heteroatoms. The molecular formula is C51H32S2. The Morgan fingerprint density at radius 1 is 0.358 bits per heavy atom. The molecule has 0 unspecified atom stereocenters. The quantitative estimate of drug-likeness (QED) is 0.157. The van der Waals surface area contributed by atoms with Crippen molar-refractivity contribution in [1.82, 2.24) is 0 Å². The molecule has 0 aliphatic heterocycles. The average molecular weight is 709 g/mol. The number of fused-ring (bicyclic) bond motifs is 14. The molecule has 0 saturated carbocycles. The Bertz CT molecular complexity index is 3310. The molecule has 9 aromatic carbocycles. The van der Waals surface area contributed by atoms with E-state index in [1.807, 2.05) is 22.7 Å². The highest BCUT2D eigenvalue weighted by Gasteiger charge is 2.35. The van der Waals surface area contributed by atoms with Crippen LogP contribution in [-0.2, 0) is 5.41 Å². The van der Waals surface area contributed by atoms with Gasteiger partial charge in [0.1, 0.15) is 0 Å². The number of benzene rings is 9. The second-order valence-corrected chi connectivity index (χ2v) is 17.3. The highest BCUT2D eigenvalue weighted by atomic mass is 32.1. The Morgan fingerprint density at radius 3 is 1.55 bits per heavy atom. The van der Waals surface area contributed by atoms with Gasteiger partial charge < -0.3 is 0 Å². The van der Waals surface area contributed by atoms with Gasteiger partial charge in [-0.3, -0.25) is 0 Å². The van der Waals surface area contributed by atoms with Gasteiger partial charge in [-0.25, -0.2) is 0 Å². The van der Waals surface area contributed by atoms with E-state index in [9.17, 15) is 0 Å². The highest BCUT2D eigenvalue weighted by molar-refractivity contribution is 7.27. The molecule has 2 aromatic heterocycles. The summed E-state index contributed by atoms with van der Waals surface area (Å²) in [7, 11) is 0. The lowest BCUT2D eigenvalue weighted by molar-refractivity contribution is 0.660. The first kappa shape index (κ1) is 29.7. The maximum absolute atomic E-state index is 2.46. The Kier molecular flexibility index (Phi) is 5.97. The van der Waals surface area contributed by atoms with E-state index in [1.54, 1.807) is 0 Å². The van der Waals surface area contributed by atoms with Crippen LogP contribution in [-0.4, -0.2) is 0 Å². The van der Waals surface area contributed by atoms with Crippen LogP contribution in [0.5, 0.6) is 0 Å². The Hall–Kier alpha value is -5.80. The molecule has 0 fully saturated rings. The van der Waals surface area contributed by atoms with Crippen LogP contribution < -0.4 is 0 Å². The summed E-state index contributed by atoms with van der Waals surface area (Å²) in [6, 6.07) is 59.6. The molecule has 248 valence electrons. The fourth-order valence-electron chi connectivity index (χ4n) is 9.68. The van der Waals surface area contributed by atoms with E-state index in [4.69, 9.17) is 0 Å². The third-order valence-electron chi connectivity index (χ3n) is 12.0. The lowest BCUT2D eigenvalue weighted by atomic mass is 9.81. The third-order valence-corrected chi connectivity index (χ3v) is 14.3. The van der Waals surface area contributed by atoms with Gasteiger partial charge in [0.2, 0.25) is 0 Å². The standard InChI is InChI=1S/C51H32S2/c1-51(2)40-17-9-7-11-32(40)39-27-30(20-24-41(39)51)46-33-12-3-5-14-35(33)47(36-15-6-4-13-34(36)46)31-19-23-38-45(28-31)53-44-26-22-29-21-25-43-49(48(29)50(38)44)37-16-8-10-18-42(37)52-43/h3-28H,1-2H3. The molecule has 0 bridgehead atoms. The van der Waals surface area contributed by atoms with Gasteiger partial charge in [-0.2, -0.15) is 0 Å². The first-order chi connectivity index (χ1) is 26.0. The summed E-state index contributed by atoms with van der Waals surface area (Å²) in [6.07, 6.45) is 0. The molecule has 0 saturated heterocycles. The van der Waals surface area contributed by atoms with Crippen molar-refractivity contribution in [2.24, 2.45) is 0 Å². The van der Waals surface area contributed by atoms with E-state index in [1.165, 1.54) is 117 Å². The van der Waals surface area contributed by atoms with Crippen LogP contribution in [0.25, 0.3) is 106 Å². The van der Waals surface area contributed by atoms with Crippen molar-refractivity contribution in [2.75, 3.05) is 0 Å². The van der Waals surface area contributed by atoms with Gasteiger partial charge in [0.15, 0.2) is 0 Å². The van der Waals surface area contributed by atoms with Gasteiger partial charge in [-0.05, 0) is 102 Å². The molecule has 0 radical (unpaired) electrons. The van der Waals surface area contributed by atoms with Gasteiger partial charge in [0.25, 0.3) is 0 Å². The minimum absolute atomic E-state index is 0.0144. The first-order valence-electron chi connectivity index (χ1n) is 18.4. The van der Waals surface area contributed by atoms with Crippen molar-refractivity contribution in [3.05, 3.63) is 169 Å². The van der Waals surface area contributed by atoms with Gasteiger partial charge in [-0.15, -0.1) is 22.7 Å². The van der Waals surface area contributed by atoms with Gasteiger partial charge in [-0.1, -0.05) is 141 Å². The molecule has 12 rings (SSSR count). The molecule has 1 aliphatic rings. The zero-order chi connectivity index (χ0) is 35.0. The average Bonchev–Trinajstić information content (AvgIpc) is 3.84. The van der Waals surface area contributed by atoms with Gasteiger partial charge >= 0.3 is 0 Å². The second kappa shape index (κ2) is 10.6. The van der Waals surface area contributed by atoms with E-state index in [0.717, 1.165) is 0 Å². The van der Waals surface area contributed by atoms with Crippen LogP contribution in [0.1, 0.15) is 25.0 Å². The van der Waals surface area contributed by atoms with Gasteiger partial charge in [0.05, 0.1) is 0 Å². The number of thiophene rings is 2. The molecule has 0 N–H and O–H groups in total. The van der Waals surface area contributed by atoms with E-state index in [-0.39, 0.29) is 5.41 Å². The van der Waals surface area contributed by atoms with Crippen LogP contribution in [0, 0.1) is 0 Å². The zero-order valence-corrected chi connectivity index (χ0v) is 31.0. The monoisotopic (exact) mass is 708 g/mol. The van der Waals surface area contributed by atoms with Crippen molar-refractivity contribution < 1.29 is 0 Å². The molecule has 0 nitrogen and oxygen atoms in total. The third kappa shape index (κ3) is 4.00. The predicted octanol–water partition coefficient (Wildman–Crippen LogP) is 15.5. The molecule has 0 amide bonds. The Balaban J connectivity index is 1.11. The summed E-state index contributed by atoms with van der Waals surface area (Å²) in [5.41, 5.74) is 10.7. The van der Waals surface area contributed by atoms with E-state index < -0.39 is 0 Å². The lowest BCUT2D eigenvalue weighted by Crippen LogP contribution is -2.14. The highest BCUT2D eigenvalue weighted by Crippen LogP contribution is 2.52. The van der Waals surface area contributed by atoms with Crippen LogP contribution >= 0.6 is 22.7 Å². The Morgan fingerprint density at radius 2 is 0.868 bits per heavy atom. The summed E-state index contributed by atoms with van der Waals surface area (Å²) < 4.78 is 5.39. The lowest BCUT2D eigenvalue weighted by Gasteiger charge is -2.22. The predicted molar refractivity (Wildman–Crippen MR) is 233 cm³/mol. The summed E-state index contributed by atoms with van der Waals surface area (Å²) in [4.78, 5) is 0. The van der Waals surface area contributed by atoms with Crippen LogP contribution in [0.3, 0.4) is 0 Å². The van der Waals surface area contributed by atoms with Crippen LogP contribution in [0.15, 0.2) is 158 Å². The summed E-state index contributed by atoms with van der Waals surface area (Å²) >= 11 is 3.82. The van der Waals surface area contributed by atoms with Crippen molar-refractivity contribution in [3.63, 3.8) is 0 Å². The maximum atomic E-state index is 2.46. The fourth-order valence-corrected chi connectivity index (χ4v) is 11.9. The minimum atomic E-state index is -0.0144. The maximum Gasteiger partial charge on any atom is 0.0362 e. The minimum Gasteiger partial charge on any atom is -0.135 e. The molecule has 0 spiro atoms. The molecule has 1 aliphatic carbocycles. The molecule has 11 aromatic rings. The number of hydrogen-bond acceptors (Lipinski definition) is 2. The first-order valence-corrected chi connectivity index (χ1v) is 20.1. The van der Waals surface area contributed by atoms with E-state index in [0.29, 0.717) is 0 Å². The summed E-state index contributed by atoms with van der Waals surface area (Å²) in [6.45, 7) is 4.72. The SMILES string of the molecule is CC1(C)c2ccccc2-c2cc(-c3c4ccccc4c(-c4ccc5c(c4)sc4ccc6ccc7sc8ccccc8c7c6c45)c4ccccc34)ccc21. The van der Waals surface area contributed by atoms with Crippen LogP contribution in [0.2, 0.25) is 0 Å². The van der Waals surface area contributed by atoms with Crippen molar-refractivity contribution in [3.8, 4) is 33.4 Å². The molecular weight excluding hydrogens is 677 g/mol. The van der Waals surface area contributed by atoms with E-state index >= 15 is 0 Å².